The highest BCUT2D eigenvalue weighted by atomic mass is 32.2. The summed E-state index contributed by atoms with van der Waals surface area (Å²) in [6, 6.07) is 9.84. The molecule has 1 rings (SSSR count). The van der Waals surface area contributed by atoms with E-state index in [1.54, 1.807) is 0 Å². The number of hydrogen-bond donors (Lipinski definition) is 1. The van der Waals surface area contributed by atoms with Gasteiger partial charge >= 0.3 is 0 Å². The molecule has 4 unspecified atom stereocenters. The normalized spacial score (nSPS) is 18.3. The third-order valence-electron chi connectivity index (χ3n) is 3.59. The van der Waals surface area contributed by atoms with E-state index in [-0.39, 0.29) is 16.5 Å². The highest BCUT2D eigenvalue weighted by Crippen LogP contribution is 2.24. The van der Waals surface area contributed by atoms with E-state index in [1.807, 2.05) is 30.3 Å². The number of hydrogen-bond acceptors (Lipinski definition) is 2. The standard InChI is InChI=1S/C15H25NOS/c1-5-14(18(17)12(4)11(2)3)15(16)13-9-7-6-8-10-13/h6-12,14-15H,5,16H2,1-4H3. The van der Waals surface area contributed by atoms with E-state index in [4.69, 9.17) is 5.73 Å². The molecule has 0 aliphatic carbocycles. The Labute approximate surface area is 113 Å². The maximum absolute atomic E-state index is 12.6. The second-order valence-corrected chi connectivity index (χ2v) is 7.17. The van der Waals surface area contributed by atoms with E-state index in [2.05, 4.69) is 27.7 Å². The Balaban J connectivity index is 2.87. The molecule has 0 saturated carbocycles. The van der Waals surface area contributed by atoms with Crippen LogP contribution in [0.1, 0.15) is 45.7 Å². The van der Waals surface area contributed by atoms with Crippen molar-refractivity contribution in [1.29, 1.82) is 0 Å². The van der Waals surface area contributed by atoms with E-state index in [0.29, 0.717) is 5.92 Å². The van der Waals surface area contributed by atoms with Crippen LogP contribution in [0.25, 0.3) is 0 Å². The molecule has 0 amide bonds. The molecule has 1 aromatic rings. The summed E-state index contributed by atoms with van der Waals surface area (Å²) < 4.78 is 12.6. The molecule has 18 heavy (non-hydrogen) atoms. The number of rotatable bonds is 6. The van der Waals surface area contributed by atoms with Crippen LogP contribution >= 0.6 is 0 Å². The van der Waals surface area contributed by atoms with Crippen molar-refractivity contribution in [1.82, 2.24) is 0 Å². The maximum atomic E-state index is 12.6. The van der Waals surface area contributed by atoms with Gasteiger partial charge in [-0.15, -0.1) is 0 Å². The van der Waals surface area contributed by atoms with Crippen molar-refractivity contribution in [3.8, 4) is 0 Å². The summed E-state index contributed by atoms with van der Waals surface area (Å²) in [5, 5.41) is 0.217. The van der Waals surface area contributed by atoms with Crippen molar-refractivity contribution in [2.75, 3.05) is 0 Å². The number of benzene rings is 1. The minimum absolute atomic E-state index is 0.0322. The predicted molar refractivity (Wildman–Crippen MR) is 79.9 cm³/mol. The summed E-state index contributed by atoms with van der Waals surface area (Å²) >= 11 is 0. The molecule has 0 fully saturated rings. The highest BCUT2D eigenvalue weighted by Gasteiger charge is 2.28. The molecule has 3 heteroatoms. The minimum atomic E-state index is -0.888. The van der Waals surface area contributed by atoms with Crippen molar-refractivity contribution < 1.29 is 4.21 Å². The molecule has 1 aromatic carbocycles. The maximum Gasteiger partial charge on any atom is 0.0540 e. The van der Waals surface area contributed by atoms with Crippen molar-refractivity contribution in [2.45, 2.75) is 50.7 Å². The molecule has 0 heterocycles. The van der Waals surface area contributed by atoms with Gasteiger partial charge in [0.05, 0.1) is 5.25 Å². The largest absolute Gasteiger partial charge is 0.323 e. The molecular weight excluding hydrogens is 242 g/mol. The lowest BCUT2D eigenvalue weighted by Gasteiger charge is -2.27. The summed E-state index contributed by atoms with van der Waals surface area (Å²) in [5.41, 5.74) is 7.37. The lowest BCUT2D eigenvalue weighted by atomic mass is 10.0. The van der Waals surface area contributed by atoms with Crippen molar-refractivity contribution in [3.63, 3.8) is 0 Å². The zero-order valence-electron chi connectivity index (χ0n) is 11.8. The summed E-state index contributed by atoms with van der Waals surface area (Å²) in [6.07, 6.45) is 0.847. The summed E-state index contributed by atoms with van der Waals surface area (Å²) in [6.45, 7) is 8.35. The Morgan fingerprint density at radius 2 is 1.72 bits per heavy atom. The molecule has 102 valence electrons. The Hall–Kier alpha value is -0.670. The molecule has 0 radical (unpaired) electrons. The van der Waals surface area contributed by atoms with Crippen molar-refractivity contribution >= 4 is 10.8 Å². The minimum Gasteiger partial charge on any atom is -0.323 e. The first-order valence-corrected chi connectivity index (χ1v) is 7.96. The Morgan fingerprint density at radius 1 is 1.17 bits per heavy atom. The van der Waals surface area contributed by atoms with Crippen LogP contribution in [0.15, 0.2) is 30.3 Å². The topological polar surface area (TPSA) is 43.1 Å². The van der Waals surface area contributed by atoms with Gasteiger partial charge in [-0.05, 0) is 17.9 Å². The van der Waals surface area contributed by atoms with Crippen LogP contribution in [0.5, 0.6) is 0 Å². The van der Waals surface area contributed by atoms with E-state index in [0.717, 1.165) is 12.0 Å². The molecule has 0 aromatic heterocycles. The van der Waals surface area contributed by atoms with E-state index in [1.165, 1.54) is 0 Å². The Bertz CT molecular complexity index is 377. The fourth-order valence-corrected chi connectivity index (χ4v) is 3.86. The van der Waals surface area contributed by atoms with Crippen molar-refractivity contribution in [2.24, 2.45) is 11.7 Å². The fraction of sp³-hybridized carbons (Fsp3) is 0.600. The van der Waals surface area contributed by atoms with Gasteiger partial charge in [0, 0.05) is 22.1 Å². The third kappa shape index (κ3) is 3.66. The second-order valence-electron chi connectivity index (χ2n) is 5.16. The van der Waals surface area contributed by atoms with Gasteiger partial charge in [0.2, 0.25) is 0 Å². The van der Waals surface area contributed by atoms with Crippen molar-refractivity contribution in [3.05, 3.63) is 35.9 Å². The second kappa shape index (κ2) is 7.05. The van der Waals surface area contributed by atoms with Gasteiger partial charge in [0.15, 0.2) is 0 Å². The molecule has 0 saturated heterocycles. The van der Waals surface area contributed by atoms with Gasteiger partial charge in [0.25, 0.3) is 0 Å². The fourth-order valence-electron chi connectivity index (χ4n) is 2.00. The average molecular weight is 267 g/mol. The van der Waals surface area contributed by atoms with Crippen LogP contribution in [-0.4, -0.2) is 14.7 Å². The van der Waals surface area contributed by atoms with Crippen LogP contribution in [0.3, 0.4) is 0 Å². The molecule has 0 aliphatic rings. The Kier molecular flexibility index (Phi) is 6.03. The van der Waals surface area contributed by atoms with E-state index >= 15 is 0 Å². The Morgan fingerprint density at radius 3 is 2.17 bits per heavy atom. The van der Waals surface area contributed by atoms with Gasteiger partial charge in [-0.25, -0.2) is 0 Å². The summed E-state index contributed by atoms with van der Waals surface area (Å²) in [7, 11) is -0.888. The molecule has 4 atom stereocenters. The predicted octanol–water partition coefficient (Wildman–Crippen LogP) is 3.26. The quantitative estimate of drug-likeness (QED) is 0.859. The highest BCUT2D eigenvalue weighted by molar-refractivity contribution is 7.86. The number of nitrogens with two attached hydrogens (primary N) is 1. The molecule has 0 bridgehead atoms. The van der Waals surface area contributed by atoms with Gasteiger partial charge < -0.3 is 5.73 Å². The summed E-state index contributed by atoms with van der Waals surface area (Å²) in [5.74, 6) is 0.419. The van der Waals surface area contributed by atoms with Crippen LogP contribution in [-0.2, 0) is 10.8 Å². The van der Waals surface area contributed by atoms with Crippen LogP contribution < -0.4 is 5.73 Å². The first-order chi connectivity index (χ1) is 8.49. The zero-order valence-corrected chi connectivity index (χ0v) is 12.6. The molecule has 0 aliphatic heterocycles. The van der Waals surface area contributed by atoms with Crippen LogP contribution in [0, 0.1) is 5.92 Å². The molecule has 2 nitrogen and oxygen atoms in total. The average Bonchev–Trinajstić information content (AvgIpc) is 2.39. The smallest absolute Gasteiger partial charge is 0.0540 e. The molecule has 2 N–H and O–H groups in total. The first kappa shape index (κ1) is 15.4. The van der Waals surface area contributed by atoms with Crippen LogP contribution in [0.4, 0.5) is 0 Å². The third-order valence-corrected chi connectivity index (χ3v) is 6.09. The SMILES string of the molecule is CCC(C(N)c1ccccc1)S(=O)C(C)C(C)C. The lowest BCUT2D eigenvalue weighted by Crippen LogP contribution is -2.35. The molecular formula is C15H25NOS. The van der Waals surface area contributed by atoms with Crippen LogP contribution in [0.2, 0.25) is 0 Å². The van der Waals surface area contributed by atoms with E-state index in [9.17, 15) is 4.21 Å². The van der Waals surface area contributed by atoms with Gasteiger partial charge in [-0.1, -0.05) is 58.0 Å². The van der Waals surface area contributed by atoms with Gasteiger partial charge in [-0.3, -0.25) is 4.21 Å². The van der Waals surface area contributed by atoms with Gasteiger partial charge in [-0.2, -0.15) is 0 Å². The van der Waals surface area contributed by atoms with Gasteiger partial charge in [0.1, 0.15) is 0 Å². The van der Waals surface area contributed by atoms with E-state index < -0.39 is 10.8 Å². The monoisotopic (exact) mass is 267 g/mol. The lowest BCUT2D eigenvalue weighted by molar-refractivity contribution is 0.569. The first-order valence-electron chi connectivity index (χ1n) is 6.68. The molecule has 0 spiro atoms. The zero-order chi connectivity index (χ0) is 13.7. The summed E-state index contributed by atoms with van der Waals surface area (Å²) in [4.78, 5) is 0.